The minimum atomic E-state index is -0.814. The van der Waals surface area contributed by atoms with Crippen LogP contribution in [0.2, 0.25) is 0 Å². The second-order valence-corrected chi connectivity index (χ2v) is 11.0. The van der Waals surface area contributed by atoms with Crippen molar-refractivity contribution in [3.8, 4) is 0 Å². The molecule has 3 N–H and O–H groups in total. The predicted molar refractivity (Wildman–Crippen MR) is 128 cm³/mol. The van der Waals surface area contributed by atoms with Crippen molar-refractivity contribution in [2.75, 3.05) is 18.1 Å². The van der Waals surface area contributed by atoms with Crippen LogP contribution in [0.1, 0.15) is 40.0 Å². The molecule has 0 aromatic rings. The topological polar surface area (TPSA) is 114 Å². The lowest BCUT2D eigenvalue weighted by molar-refractivity contribution is -0.135. The van der Waals surface area contributed by atoms with Crippen molar-refractivity contribution >= 4 is 45.1 Å². The Kier molecular flexibility index (Phi) is 10.6. The second-order valence-electron chi connectivity index (χ2n) is 8.32. The van der Waals surface area contributed by atoms with Crippen LogP contribution in [-0.2, 0) is 23.9 Å². The Morgan fingerprint density at radius 1 is 1.06 bits per heavy atom. The van der Waals surface area contributed by atoms with Gasteiger partial charge in [-0.1, -0.05) is 48.1 Å². The number of amides is 3. The van der Waals surface area contributed by atoms with Gasteiger partial charge in [0.2, 0.25) is 17.7 Å². The summed E-state index contributed by atoms with van der Waals surface area (Å²) in [7, 11) is 3.09. The van der Waals surface area contributed by atoms with Crippen LogP contribution in [0.5, 0.6) is 0 Å². The number of carbonyl (C=O) groups excluding carboxylic acids is 4. The van der Waals surface area contributed by atoms with E-state index in [1.54, 1.807) is 17.7 Å². The molecular formula is C22H33N3O5S2. The summed E-state index contributed by atoms with van der Waals surface area (Å²) in [5.41, 5.74) is 0. The number of carbonyl (C=O) groups is 4. The van der Waals surface area contributed by atoms with Gasteiger partial charge in [0.05, 0.1) is 6.54 Å². The first-order valence-electron chi connectivity index (χ1n) is 10.8. The van der Waals surface area contributed by atoms with Crippen LogP contribution in [0.15, 0.2) is 24.5 Å². The van der Waals surface area contributed by atoms with Gasteiger partial charge in [0.25, 0.3) is 0 Å². The molecule has 4 atom stereocenters. The van der Waals surface area contributed by atoms with Gasteiger partial charge in [0.1, 0.15) is 29.7 Å². The Morgan fingerprint density at radius 3 is 2.53 bits per heavy atom. The maximum absolute atomic E-state index is 13.0. The molecule has 2 aliphatic heterocycles. The van der Waals surface area contributed by atoms with E-state index < -0.39 is 35.9 Å². The zero-order chi connectivity index (χ0) is 23.7. The maximum Gasteiger partial charge on any atom is 0.244 e. The fourth-order valence-corrected chi connectivity index (χ4v) is 5.46. The van der Waals surface area contributed by atoms with E-state index in [0.717, 1.165) is 12.2 Å². The van der Waals surface area contributed by atoms with Crippen molar-refractivity contribution in [3.05, 3.63) is 24.5 Å². The zero-order valence-electron chi connectivity index (χ0n) is 18.8. The first-order valence-corrected chi connectivity index (χ1v) is 13.3. The summed E-state index contributed by atoms with van der Waals surface area (Å²) in [5.74, 6) is -0.462. The number of hydrogen-bond acceptors (Lipinski definition) is 7. The first-order chi connectivity index (χ1) is 15.2. The molecule has 1 fully saturated rings. The molecule has 0 aromatic heterocycles. The average Bonchev–Trinajstić information content (AvgIpc) is 2.72. The lowest BCUT2D eigenvalue weighted by Gasteiger charge is -2.26. The van der Waals surface area contributed by atoms with Crippen molar-refractivity contribution in [1.82, 2.24) is 16.0 Å². The number of allylic oxidation sites excluding steroid dienone is 1. The van der Waals surface area contributed by atoms with E-state index in [1.165, 1.54) is 10.8 Å². The van der Waals surface area contributed by atoms with Gasteiger partial charge >= 0.3 is 0 Å². The van der Waals surface area contributed by atoms with Crippen molar-refractivity contribution in [2.24, 2.45) is 11.8 Å². The molecule has 178 valence electrons. The molecule has 0 radical (unpaired) electrons. The smallest absolute Gasteiger partial charge is 0.244 e. The number of rotatable bonds is 1. The van der Waals surface area contributed by atoms with Crippen LogP contribution < -0.4 is 16.0 Å². The molecule has 1 unspecified atom stereocenters. The summed E-state index contributed by atoms with van der Waals surface area (Å²) in [6.07, 6.45) is 4.21. The van der Waals surface area contributed by atoms with E-state index in [4.69, 9.17) is 4.74 Å². The van der Waals surface area contributed by atoms with Crippen molar-refractivity contribution in [2.45, 2.75) is 58.2 Å². The third kappa shape index (κ3) is 8.54. The van der Waals surface area contributed by atoms with E-state index in [9.17, 15) is 19.2 Å². The number of hydrogen-bond donors (Lipinski definition) is 3. The van der Waals surface area contributed by atoms with Gasteiger partial charge < -0.3 is 20.7 Å². The number of Topliss-reactive ketones (excluding diaryl/α,β-unsaturated/α-hetero) is 1. The van der Waals surface area contributed by atoms with Gasteiger partial charge in [0.15, 0.2) is 0 Å². The summed E-state index contributed by atoms with van der Waals surface area (Å²) in [6.45, 7) is 9.26. The van der Waals surface area contributed by atoms with E-state index >= 15 is 0 Å². The van der Waals surface area contributed by atoms with Gasteiger partial charge in [-0.15, -0.1) is 0 Å². The second kappa shape index (κ2) is 12.9. The molecule has 10 heteroatoms. The van der Waals surface area contributed by atoms with Gasteiger partial charge in [0, 0.05) is 30.3 Å². The highest BCUT2D eigenvalue weighted by molar-refractivity contribution is 8.76. The van der Waals surface area contributed by atoms with Crippen LogP contribution in [0.4, 0.5) is 0 Å². The van der Waals surface area contributed by atoms with Crippen LogP contribution >= 0.6 is 21.6 Å². The quantitative estimate of drug-likeness (QED) is 0.386. The van der Waals surface area contributed by atoms with Crippen LogP contribution in [0.3, 0.4) is 0 Å². The Hall–Kier alpha value is -1.94. The van der Waals surface area contributed by atoms with Gasteiger partial charge in [-0.3, -0.25) is 19.2 Å². The zero-order valence-corrected chi connectivity index (χ0v) is 20.5. The SMILES string of the molecule is C=C1CNC(=O)[C@H](C)NC(=O)[C@H]2CSSCC/C=C/C(CC(=O)C[C@H](C(C)C)C(=O)N2)O1. The lowest BCUT2D eigenvalue weighted by atomic mass is 9.88. The first kappa shape index (κ1) is 26.3. The number of ketones is 1. The standard InChI is InChI=1S/C22H33N3O5S2/c1-13(2)18-10-16(26)9-17-7-5-6-8-31-32-12-19(25-21(18)28)22(29)24-15(4)20(27)23-11-14(3)30-17/h5,7,13,15,17-19H,3,6,8-12H2,1-2,4H3,(H,23,27)(H,24,29)(H,25,28)/b7-5+/t15-,17?,18+,19+/m0/s1. The summed E-state index contributed by atoms with van der Waals surface area (Å²) in [4.78, 5) is 51.2. The largest absolute Gasteiger partial charge is 0.489 e. The van der Waals surface area contributed by atoms with Crippen LogP contribution in [0.25, 0.3) is 0 Å². The molecule has 2 bridgehead atoms. The lowest BCUT2D eigenvalue weighted by Crippen LogP contribution is -2.55. The van der Waals surface area contributed by atoms with Crippen LogP contribution in [0, 0.1) is 11.8 Å². The monoisotopic (exact) mass is 483 g/mol. The Balaban J connectivity index is 2.40. The Bertz CT molecular complexity index is 756. The summed E-state index contributed by atoms with van der Waals surface area (Å²) in [5, 5.41) is 8.17. The van der Waals surface area contributed by atoms with Gasteiger partial charge in [-0.05, 0) is 25.3 Å². The minimum absolute atomic E-state index is 0.0625. The molecule has 2 aliphatic rings. The number of nitrogens with one attached hydrogen (secondary N) is 3. The summed E-state index contributed by atoms with van der Waals surface area (Å²) in [6, 6.07) is -1.61. The van der Waals surface area contributed by atoms with Crippen LogP contribution in [-0.4, -0.2) is 59.7 Å². The highest BCUT2D eigenvalue weighted by atomic mass is 33.1. The third-order valence-corrected chi connectivity index (χ3v) is 7.66. The summed E-state index contributed by atoms with van der Waals surface area (Å²) < 4.78 is 5.85. The number of ether oxygens (including phenoxy) is 1. The molecule has 3 amide bonds. The van der Waals surface area contributed by atoms with Crippen molar-refractivity contribution < 1.29 is 23.9 Å². The molecule has 8 nitrogen and oxygen atoms in total. The van der Waals surface area contributed by atoms with Gasteiger partial charge in [-0.25, -0.2) is 0 Å². The van der Waals surface area contributed by atoms with E-state index in [0.29, 0.717) is 11.5 Å². The minimum Gasteiger partial charge on any atom is -0.489 e. The Labute approximate surface area is 197 Å². The van der Waals surface area contributed by atoms with Crippen molar-refractivity contribution in [3.63, 3.8) is 0 Å². The highest BCUT2D eigenvalue weighted by Crippen LogP contribution is 2.25. The highest BCUT2D eigenvalue weighted by Gasteiger charge is 2.31. The molecule has 2 rings (SSSR count). The third-order valence-electron chi connectivity index (χ3n) is 5.22. The van der Waals surface area contributed by atoms with E-state index in [-0.39, 0.29) is 37.0 Å². The molecule has 0 spiro atoms. The molecule has 0 aliphatic carbocycles. The fourth-order valence-electron chi connectivity index (χ4n) is 3.31. The molecule has 0 aromatic carbocycles. The molecule has 2 heterocycles. The normalized spacial score (nSPS) is 30.6. The fraction of sp³-hybridized carbons (Fsp3) is 0.636. The average molecular weight is 484 g/mol. The molecule has 0 saturated carbocycles. The predicted octanol–water partition coefficient (Wildman–Crippen LogP) is 1.97. The molecule has 32 heavy (non-hydrogen) atoms. The van der Waals surface area contributed by atoms with E-state index in [1.807, 2.05) is 26.0 Å². The molecular weight excluding hydrogens is 450 g/mol. The Morgan fingerprint density at radius 2 is 1.81 bits per heavy atom. The summed E-state index contributed by atoms with van der Waals surface area (Å²) >= 11 is 0. The maximum atomic E-state index is 13.0. The number of fused-ring (bicyclic) bond motifs is 7. The van der Waals surface area contributed by atoms with Gasteiger partial charge in [-0.2, -0.15) is 0 Å². The molecule has 1 saturated heterocycles. The van der Waals surface area contributed by atoms with E-state index in [2.05, 4.69) is 22.5 Å². The van der Waals surface area contributed by atoms with Crippen molar-refractivity contribution in [1.29, 1.82) is 0 Å².